The molecule has 0 spiro atoms. The number of nitrogens with zero attached hydrogens (tertiary/aromatic N) is 3. The molecule has 0 unspecified atom stereocenters. The molecule has 9 heteroatoms. The molecule has 2 aromatic rings. The van der Waals surface area contributed by atoms with E-state index in [1.165, 1.54) is 0 Å². The minimum absolute atomic E-state index is 0.187. The molecule has 1 heterocycles. The van der Waals surface area contributed by atoms with Crippen molar-refractivity contribution in [1.82, 2.24) is 8.75 Å². The van der Waals surface area contributed by atoms with Gasteiger partial charge >= 0.3 is 0 Å². The van der Waals surface area contributed by atoms with Crippen LogP contribution in [0.1, 0.15) is 20.3 Å². The first-order chi connectivity index (χ1) is 9.86. The zero-order valence-electron chi connectivity index (χ0n) is 11.5. The van der Waals surface area contributed by atoms with Crippen LogP contribution in [0, 0.1) is 5.41 Å². The predicted molar refractivity (Wildman–Crippen MR) is 87.7 cm³/mol. The lowest BCUT2D eigenvalue weighted by Gasteiger charge is -2.23. The molecule has 1 aromatic carbocycles. The second kappa shape index (κ2) is 6.21. The number of benzene rings is 1. The Balaban J connectivity index is 2.16. The van der Waals surface area contributed by atoms with E-state index in [1.54, 1.807) is 6.07 Å². The molecule has 0 saturated carbocycles. The average Bonchev–Trinajstić information content (AvgIpc) is 2.91. The van der Waals surface area contributed by atoms with Gasteiger partial charge in [0.2, 0.25) is 0 Å². The molecule has 0 atom stereocenters. The minimum atomic E-state index is -0.430. The fourth-order valence-electron chi connectivity index (χ4n) is 1.81. The Morgan fingerprint density at radius 1 is 1.38 bits per heavy atom. The van der Waals surface area contributed by atoms with Gasteiger partial charge in [0.1, 0.15) is 16.9 Å². The summed E-state index contributed by atoms with van der Waals surface area (Å²) in [7, 11) is 0. The molecule has 0 aliphatic rings. The van der Waals surface area contributed by atoms with Gasteiger partial charge in [-0.05, 0) is 12.5 Å². The molecule has 0 radical (unpaired) electrons. The van der Waals surface area contributed by atoms with Crippen LogP contribution in [0.5, 0.6) is 0 Å². The summed E-state index contributed by atoms with van der Waals surface area (Å²) in [4.78, 5) is 0. The monoisotopic (exact) mass is 347 g/mol. The van der Waals surface area contributed by atoms with Crippen LogP contribution in [0.15, 0.2) is 11.2 Å². The Morgan fingerprint density at radius 2 is 2.05 bits per heavy atom. The lowest BCUT2D eigenvalue weighted by atomic mass is 9.88. The van der Waals surface area contributed by atoms with Gasteiger partial charge in [-0.2, -0.15) is 8.75 Å². The van der Waals surface area contributed by atoms with E-state index in [2.05, 4.69) is 19.2 Å². The Labute approximate surface area is 136 Å². The van der Waals surface area contributed by atoms with Crippen LogP contribution in [-0.2, 0) is 0 Å². The molecule has 2 rings (SSSR count). The maximum Gasteiger partial charge on any atom is 0.144 e. The van der Waals surface area contributed by atoms with Crippen molar-refractivity contribution in [3.63, 3.8) is 0 Å². The maximum atomic E-state index is 8.76. The molecule has 0 aliphatic heterocycles. The largest absolute Gasteiger partial charge is 0.409 e. The summed E-state index contributed by atoms with van der Waals surface area (Å²) in [5.74, 6) is 0.187. The molecular formula is C12H15Cl2N5OS. The topological polar surface area (TPSA) is 96.4 Å². The van der Waals surface area contributed by atoms with E-state index in [-0.39, 0.29) is 5.84 Å². The van der Waals surface area contributed by atoms with Crippen molar-refractivity contribution in [3.8, 4) is 0 Å². The summed E-state index contributed by atoms with van der Waals surface area (Å²) in [6, 6.07) is 1.64. The van der Waals surface area contributed by atoms with Crippen LogP contribution in [0.25, 0.3) is 11.0 Å². The maximum absolute atomic E-state index is 8.76. The van der Waals surface area contributed by atoms with E-state index >= 15 is 0 Å². The number of hydrogen-bond donors (Lipinski definition) is 3. The SMILES string of the molecule is CC(C)(CCNc1c(Cl)cc(Cl)c2nsnc12)C(N)=NO. The standard InChI is InChI=1S/C12H15Cl2N5OS/c1-12(2,11(15)17-20)3-4-16-8-6(13)5-7(14)9-10(8)19-21-18-9/h5,16,20H,3-4H2,1-2H3,(H2,15,17). The fourth-order valence-corrected chi connectivity index (χ4v) is 2.98. The lowest BCUT2D eigenvalue weighted by molar-refractivity contribution is 0.306. The summed E-state index contributed by atoms with van der Waals surface area (Å²) >= 11 is 13.4. The van der Waals surface area contributed by atoms with Crippen molar-refractivity contribution in [2.75, 3.05) is 11.9 Å². The first-order valence-corrected chi connectivity index (χ1v) is 7.67. The third-order valence-electron chi connectivity index (χ3n) is 3.30. The highest BCUT2D eigenvalue weighted by atomic mass is 35.5. The van der Waals surface area contributed by atoms with Crippen LogP contribution in [0.2, 0.25) is 10.0 Å². The van der Waals surface area contributed by atoms with Crippen LogP contribution in [-0.4, -0.2) is 26.3 Å². The molecular weight excluding hydrogens is 333 g/mol. The smallest absolute Gasteiger partial charge is 0.144 e. The fraction of sp³-hybridized carbons (Fsp3) is 0.417. The minimum Gasteiger partial charge on any atom is -0.409 e. The van der Waals surface area contributed by atoms with Crippen molar-refractivity contribution >= 4 is 57.5 Å². The van der Waals surface area contributed by atoms with Crippen LogP contribution in [0.4, 0.5) is 5.69 Å². The van der Waals surface area contributed by atoms with Crippen molar-refractivity contribution < 1.29 is 5.21 Å². The molecule has 114 valence electrons. The van der Waals surface area contributed by atoms with Gasteiger partial charge in [-0.1, -0.05) is 42.2 Å². The number of halogens is 2. The molecule has 0 bridgehead atoms. The third-order valence-corrected chi connectivity index (χ3v) is 4.41. The van der Waals surface area contributed by atoms with E-state index in [1.807, 2.05) is 13.8 Å². The van der Waals surface area contributed by atoms with Crippen LogP contribution in [0.3, 0.4) is 0 Å². The Morgan fingerprint density at radius 3 is 2.71 bits per heavy atom. The molecule has 0 aliphatic carbocycles. The summed E-state index contributed by atoms with van der Waals surface area (Å²) in [6.07, 6.45) is 0.654. The first kappa shape index (κ1) is 16.1. The Bertz CT molecular complexity index is 686. The van der Waals surface area contributed by atoms with Crippen LogP contribution < -0.4 is 11.1 Å². The van der Waals surface area contributed by atoms with Gasteiger partial charge in [-0.25, -0.2) is 0 Å². The van der Waals surface area contributed by atoms with E-state index < -0.39 is 5.41 Å². The van der Waals surface area contributed by atoms with Gasteiger partial charge in [0.15, 0.2) is 0 Å². The number of rotatable bonds is 5. The van der Waals surface area contributed by atoms with E-state index in [9.17, 15) is 0 Å². The molecule has 21 heavy (non-hydrogen) atoms. The van der Waals surface area contributed by atoms with Gasteiger partial charge in [0.25, 0.3) is 0 Å². The lowest BCUT2D eigenvalue weighted by Crippen LogP contribution is -2.33. The van der Waals surface area contributed by atoms with Crippen molar-refractivity contribution in [3.05, 3.63) is 16.1 Å². The number of hydrogen-bond acceptors (Lipinski definition) is 6. The third kappa shape index (κ3) is 3.30. The predicted octanol–water partition coefficient (Wildman–Crippen LogP) is 3.57. The average molecular weight is 348 g/mol. The molecule has 0 fully saturated rings. The van der Waals surface area contributed by atoms with Crippen molar-refractivity contribution in [2.24, 2.45) is 16.3 Å². The summed E-state index contributed by atoms with van der Waals surface area (Å²) in [6.45, 7) is 4.37. The summed E-state index contributed by atoms with van der Waals surface area (Å²) in [5.41, 5.74) is 7.21. The van der Waals surface area contributed by atoms with E-state index in [0.717, 1.165) is 11.7 Å². The van der Waals surface area contributed by atoms with Gasteiger partial charge in [-0.15, -0.1) is 0 Å². The number of amidine groups is 1. The molecule has 4 N–H and O–H groups in total. The summed E-state index contributed by atoms with van der Waals surface area (Å²) in [5, 5.41) is 16.0. The number of aromatic nitrogens is 2. The van der Waals surface area contributed by atoms with Crippen LogP contribution >= 0.6 is 34.9 Å². The first-order valence-electron chi connectivity index (χ1n) is 6.19. The van der Waals surface area contributed by atoms with Crippen molar-refractivity contribution in [2.45, 2.75) is 20.3 Å². The molecule has 0 amide bonds. The van der Waals surface area contributed by atoms with Gasteiger partial charge in [0.05, 0.1) is 27.5 Å². The summed E-state index contributed by atoms with van der Waals surface area (Å²) < 4.78 is 8.36. The normalized spacial score (nSPS) is 12.9. The molecule has 6 nitrogen and oxygen atoms in total. The zero-order valence-corrected chi connectivity index (χ0v) is 13.9. The highest BCUT2D eigenvalue weighted by Crippen LogP contribution is 2.35. The Kier molecular flexibility index (Phi) is 4.75. The quantitative estimate of drug-likeness (QED) is 0.332. The van der Waals surface area contributed by atoms with Gasteiger partial charge in [0, 0.05) is 12.0 Å². The molecule has 1 aromatic heterocycles. The molecule has 0 saturated heterocycles. The highest BCUT2D eigenvalue weighted by Gasteiger charge is 2.23. The van der Waals surface area contributed by atoms with Gasteiger partial charge in [-0.3, -0.25) is 0 Å². The van der Waals surface area contributed by atoms with E-state index in [4.69, 9.17) is 34.1 Å². The highest BCUT2D eigenvalue weighted by molar-refractivity contribution is 7.00. The zero-order chi connectivity index (χ0) is 15.6. The number of anilines is 1. The number of nitrogens with one attached hydrogen (secondary N) is 1. The number of fused-ring (bicyclic) bond motifs is 1. The van der Waals surface area contributed by atoms with Crippen molar-refractivity contribution in [1.29, 1.82) is 0 Å². The Hall–Kier alpha value is -1.31. The van der Waals surface area contributed by atoms with Gasteiger partial charge < -0.3 is 16.3 Å². The number of oxime groups is 1. The number of nitrogens with two attached hydrogens (primary N) is 1. The second-order valence-electron chi connectivity index (χ2n) is 5.22. The second-order valence-corrected chi connectivity index (χ2v) is 6.57. The van der Waals surface area contributed by atoms with E-state index in [0.29, 0.717) is 39.7 Å².